The number of rotatable bonds is 3. The Morgan fingerprint density at radius 1 is 1.29 bits per heavy atom. The van der Waals surface area contributed by atoms with Crippen molar-refractivity contribution >= 4 is 11.6 Å². The molecule has 3 aromatic rings. The van der Waals surface area contributed by atoms with E-state index < -0.39 is 0 Å². The molecule has 0 atom stereocenters. The van der Waals surface area contributed by atoms with Gasteiger partial charge in [0, 0.05) is 7.05 Å². The molecule has 0 spiro atoms. The van der Waals surface area contributed by atoms with E-state index >= 15 is 0 Å². The molecule has 0 N–H and O–H groups in total. The van der Waals surface area contributed by atoms with Crippen LogP contribution in [0.2, 0.25) is 5.15 Å². The third kappa shape index (κ3) is 2.49. The predicted octanol–water partition coefficient (Wildman–Crippen LogP) is 1.65. The Labute approximate surface area is 125 Å². The number of halogens is 1. The van der Waals surface area contributed by atoms with Crippen molar-refractivity contribution in [2.45, 2.75) is 6.54 Å². The first kappa shape index (κ1) is 13.3. The lowest BCUT2D eigenvalue weighted by Gasteiger charge is -2.04. The van der Waals surface area contributed by atoms with Crippen LogP contribution in [0, 0.1) is 11.3 Å². The summed E-state index contributed by atoms with van der Waals surface area (Å²) in [6, 6.07) is 9.35. The first-order valence-corrected chi connectivity index (χ1v) is 6.50. The average molecular weight is 300 g/mol. The van der Waals surface area contributed by atoms with Gasteiger partial charge in [-0.25, -0.2) is 4.68 Å². The quantitative estimate of drug-likeness (QED) is 0.734. The molecule has 0 saturated carbocycles. The molecular formula is C13H10ClN7. The highest BCUT2D eigenvalue weighted by Gasteiger charge is 2.16. The Morgan fingerprint density at radius 2 is 2.05 bits per heavy atom. The van der Waals surface area contributed by atoms with Crippen molar-refractivity contribution in [1.82, 2.24) is 30.0 Å². The predicted molar refractivity (Wildman–Crippen MR) is 75.3 cm³/mol. The van der Waals surface area contributed by atoms with Crippen LogP contribution >= 0.6 is 11.6 Å². The van der Waals surface area contributed by atoms with Crippen LogP contribution in [0.25, 0.3) is 11.4 Å². The Balaban J connectivity index is 1.92. The van der Waals surface area contributed by atoms with Crippen LogP contribution < -0.4 is 0 Å². The Morgan fingerprint density at radius 3 is 2.67 bits per heavy atom. The molecule has 0 bridgehead atoms. The van der Waals surface area contributed by atoms with Crippen LogP contribution in [0.15, 0.2) is 30.5 Å². The maximum atomic E-state index is 8.80. The minimum absolute atomic E-state index is 0.478. The molecule has 2 heterocycles. The second-order valence-corrected chi connectivity index (χ2v) is 4.80. The van der Waals surface area contributed by atoms with Gasteiger partial charge >= 0.3 is 0 Å². The topological polar surface area (TPSA) is 85.2 Å². The fraction of sp³-hybridized carbons (Fsp3) is 0.154. The summed E-state index contributed by atoms with van der Waals surface area (Å²) in [5.74, 6) is 0.553. The number of hydrogen-bond acceptors (Lipinski definition) is 5. The molecule has 0 aliphatic rings. The average Bonchev–Trinajstić information content (AvgIpc) is 3.08. The van der Waals surface area contributed by atoms with Crippen molar-refractivity contribution in [3.63, 3.8) is 0 Å². The number of nitrogens with zero attached hydrogens (tertiary/aromatic N) is 7. The van der Waals surface area contributed by atoms with Gasteiger partial charge in [-0.15, -0.1) is 5.10 Å². The van der Waals surface area contributed by atoms with Gasteiger partial charge in [-0.2, -0.15) is 10.4 Å². The molecule has 21 heavy (non-hydrogen) atoms. The zero-order valence-corrected chi connectivity index (χ0v) is 11.9. The molecule has 2 aromatic heterocycles. The van der Waals surface area contributed by atoms with Crippen LogP contribution in [0.4, 0.5) is 0 Å². The van der Waals surface area contributed by atoms with Crippen LogP contribution in [-0.2, 0) is 13.6 Å². The summed E-state index contributed by atoms with van der Waals surface area (Å²) in [7, 11) is 1.75. The summed E-state index contributed by atoms with van der Waals surface area (Å²) in [4.78, 5) is 0. The second kappa shape index (κ2) is 5.34. The molecule has 0 saturated heterocycles. The molecule has 7 nitrogen and oxygen atoms in total. The van der Waals surface area contributed by atoms with Gasteiger partial charge < -0.3 is 0 Å². The third-order valence-electron chi connectivity index (χ3n) is 3.05. The number of benzene rings is 1. The van der Waals surface area contributed by atoms with Gasteiger partial charge in [-0.1, -0.05) is 23.7 Å². The summed E-state index contributed by atoms with van der Waals surface area (Å²) < 4.78 is 3.20. The number of nitriles is 1. The summed E-state index contributed by atoms with van der Waals surface area (Å²) in [6.45, 7) is 0.485. The zero-order chi connectivity index (χ0) is 14.8. The van der Waals surface area contributed by atoms with E-state index in [2.05, 4.69) is 26.7 Å². The maximum Gasteiger partial charge on any atom is 0.187 e. The van der Waals surface area contributed by atoms with Crippen molar-refractivity contribution in [2.75, 3.05) is 0 Å². The van der Waals surface area contributed by atoms with Crippen molar-refractivity contribution in [2.24, 2.45) is 7.05 Å². The molecular weight excluding hydrogens is 290 g/mol. The highest BCUT2D eigenvalue weighted by atomic mass is 35.5. The summed E-state index contributed by atoms with van der Waals surface area (Å²) in [5.41, 5.74) is 2.28. The minimum Gasteiger partial charge on any atom is -0.256 e. The fourth-order valence-electron chi connectivity index (χ4n) is 1.93. The molecule has 0 fully saturated rings. The van der Waals surface area contributed by atoms with E-state index in [0.29, 0.717) is 28.6 Å². The SMILES string of the molecule is Cn1ncc(-c2nnnn2Cc2ccc(C#N)cc2)c1Cl. The molecule has 0 unspecified atom stereocenters. The van der Waals surface area contributed by atoms with Crippen molar-refractivity contribution < 1.29 is 0 Å². The van der Waals surface area contributed by atoms with Gasteiger partial charge in [0.2, 0.25) is 0 Å². The standard InChI is InChI=1S/C13H10ClN7/c1-20-12(14)11(7-16-20)13-17-18-19-21(13)8-10-4-2-9(6-15)3-5-10/h2-5,7H,8H2,1H3. The highest BCUT2D eigenvalue weighted by Crippen LogP contribution is 2.24. The summed E-state index contributed by atoms with van der Waals surface area (Å²) in [5, 5.41) is 25.0. The number of hydrogen-bond donors (Lipinski definition) is 0. The fourth-order valence-corrected chi connectivity index (χ4v) is 2.11. The Bertz CT molecular complexity index is 810. The number of tetrazole rings is 1. The van der Waals surface area contributed by atoms with Crippen molar-refractivity contribution in [3.05, 3.63) is 46.7 Å². The minimum atomic E-state index is 0.478. The second-order valence-electron chi connectivity index (χ2n) is 4.44. The van der Waals surface area contributed by atoms with E-state index in [9.17, 15) is 0 Å². The summed E-state index contributed by atoms with van der Waals surface area (Å²) in [6.07, 6.45) is 1.63. The smallest absolute Gasteiger partial charge is 0.187 e. The van der Waals surface area contributed by atoms with Gasteiger partial charge in [0.1, 0.15) is 5.15 Å². The van der Waals surface area contributed by atoms with Crippen LogP contribution in [0.1, 0.15) is 11.1 Å². The largest absolute Gasteiger partial charge is 0.256 e. The lowest BCUT2D eigenvalue weighted by Crippen LogP contribution is -2.04. The lowest BCUT2D eigenvalue weighted by molar-refractivity contribution is 0.653. The van der Waals surface area contributed by atoms with Crippen molar-refractivity contribution in [3.8, 4) is 17.5 Å². The monoisotopic (exact) mass is 299 g/mol. The third-order valence-corrected chi connectivity index (χ3v) is 3.50. The van der Waals surface area contributed by atoms with Gasteiger partial charge in [-0.05, 0) is 28.1 Å². The molecule has 0 aliphatic carbocycles. The molecule has 0 amide bonds. The normalized spacial score (nSPS) is 10.5. The number of aromatic nitrogens is 6. The summed E-state index contributed by atoms with van der Waals surface area (Å²) >= 11 is 6.17. The molecule has 104 valence electrons. The van der Waals surface area contributed by atoms with Gasteiger partial charge in [0.15, 0.2) is 5.82 Å². The zero-order valence-electron chi connectivity index (χ0n) is 11.1. The molecule has 3 rings (SSSR count). The van der Waals surface area contributed by atoms with E-state index in [1.54, 1.807) is 34.7 Å². The Kier molecular flexibility index (Phi) is 3.38. The van der Waals surface area contributed by atoms with E-state index in [4.69, 9.17) is 16.9 Å². The molecule has 8 heteroatoms. The van der Waals surface area contributed by atoms with Gasteiger partial charge in [0.05, 0.1) is 29.9 Å². The van der Waals surface area contributed by atoms with E-state index in [1.165, 1.54) is 0 Å². The molecule has 0 radical (unpaired) electrons. The van der Waals surface area contributed by atoms with Crippen LogP contribution in [0.3, 0.4) is 0 Å². The van der Waals surface area contributed by atoms with E-state index in [0.717, 1.165) is 5.56 Å². The van der Waals surface area contributed by atoms with Gasteiger partial charge in [0.25, 0.3) is 0 Å². The van der Waals surface area contributed by atoms with Gasteiger partial charge in [-0.3, -0.25) is 4.68 Å². The molecule has 1 aromatic carbocycles. The van der Waals surface area contributed by atoms with Crippen LogP contribution in [-0.4, -0.2) is 30.0 Å². The van der Waals surface area contributed by atoms with Crippen molar-refractivity contribution in [1.29, 1.82) is 5.26 Å². The first-order valence-electron chi connectivity index (χ1n) is 6.12. The van der Waals surface area contributed by atoms with E-state index in [1.807, 2.05) is 12.1 Å². The van der Waals surface area contributed by atoms with Crippen LogP contribution in [0.5, 0.6) is 0 Å². The first-order chi connectivity index (χ1) is 10.2. The maximum absolute atomic E-state index is 8.80. The lowest BCUT2D eigenvalue weighted by atomic mass is 10.1. The Hall–Kier alpha value is -2.72. The van der Waals surface area contributed by atoms with E-state index in [-0.39, 0.29) is 0 Å². The highest BCUT2D eigenvalue weighted by molar-refractivity contribution is 6.32. The molecule has 0 aliphatic heterocycles. The number of aryl methyl sites for hydroxylation is 1.